The van der Waals surface area contributed by atoms with E-state index in [1.54, 1.807) is 30.7 Å². The molecule has 0 spiro atoms. The number of pyridine rings is 1. The molecule has 0 aromatic carbocycles. The van der Waals surface area contributed by atoms with Crippen LogP contribution in [0.4, 0.5) is 10.5 Å². The average Bonchev–Trinajstić information content (AvgIpc) is 3.19. The fraction of sp³-hybridized carbons (Fsp3) is 0.250. The number of hydrogen-bond acceptors (Lipinski definition) is 4. The predicted molar refractivity (Wildman–Crippen MR) is 71.5 cm³/mol. The molecule has 0 saturated carbocycles. The third-order valence-electron chi connectivity index (χ3n) is 2.87. The van der Waals surface area contributed by atoms with Gasteiger partial charge in [-0.2, -0.15) is 5.10 Å². The van der Waals surface area contributed by atoms with Crippen molar-refractivity contribution in [1.82, 2.24) is 14.8 Å². The Morgan fingerprint density at radius 3 is 3.05 bits per heavy atom. The minimum Gasteiger partial charge on any atom is -0.465 e. The number of anilines is 1. The highest BCUT2D eigenvalue weighted by Gasteiger charge is 2.30. The van der Waals surface area contributed by atoms with Crippen LogP contribution in [0.2, 0.25) is 5.15 Å². The quantitative estimate of drug-likeness (QED) is 0.869. The highest BCUT2D eigenvalue weighted by atomic mass is 35.5. The molecule has 1 aliphatic rings. The lowest BCUT2D eigenvalue weighted by atomic mass is 10.4. The molecule has 1 fully saturated rings. The van der Waals surface area contributed by atoms with Crippen molar-refractivity contribution >= 4 is 23.4 Å². The molecule has 1 N–H and O–H groups in total. The highest BCUT2D eigenvalue weighted by molar-refractivity contribution is 6.32. The van der Waals surface area contributed by atoms with Gasteiger partial charge in [-0.15, -0.1) is 0 Å². The van der Waals surface area contributed by atoms with E-state index in [-0.39, 0.29) is 17.8 Å². The maximum Gasteiger partial charge on any atom is 0.412 e. The summed E-state index contributed by atoms with van der Waals surface area (Å²) in [7, 11) is 0. The van der Waals surface area contributed by atoms with Gasteiger partial charge < -0.3 is 9.84 Å². The van der Waals surface area contributed by atoms with E-state index in [4.69, 9.17) is 16.3 Å². The molecule has 2 aromatic rings. The van der Waals surface area contributed by atoms with Gasteiger partial charge in [-0.1, -0.05) is 11.6 Å². The molecule has 0 radical (unpaired) electrons. The Kier molecular flexibility index (Phi) is 3.29. The van der Waals surface area contributed by atoms with Crippen LogP contribution in [0.3, 0.4) is 0 Å². The summed E-state index contributed by atoms with van der Waals surface area (Å²) in [5.41, 5.74) is 1.03. The number of nitrogens with zero attached hydrogens (tertiary/aromatic N) is 4. The predicted octanol–water partition coefficient (Wildman–Crippen LogP) is 1.80. The summed E-state index contributed by atoms with van der Waals surface area (Å²) in [5, 5.41) is 13.5. The van der Waals surface area contributed by atoms with E-state index in [2.05, 4.69) is 10.1 Å². The normalized spacial score (nSPS) is 16.9. The van der Waals surface area contributed by atoms with Gasteiger partial charge in [0.1, 0.15) is 5.69 Å². The molecule has 1 aliphatic heterocycles. The second kappa shape index (κ2) is 5.10. The van der Waals surface area contributed by atoms with Gasteiger partial charge in [0, 0.05) is 6.20 Å². The first kappa shape index (κ1) is 12.9. The van der Waals surface area contributed by atoms with Crippen LogP contribution in [0, 0.1) is 0 Å². The molecule has 0 aliphatic carbocycles. The van der Waals surface area contributed by atoms with E-state index in [0.29, 0.717) is 18.0 Å². The summed E-state index contributed by atoms with van der Waals surface area (Å²) in [6.07, 6.45) is 3.67. The van der Waals surface area contributed by atoms with Crippen LogP contribution in [0.5, 0.6) is 0 Å². The Morgan fingerprint density at radius 2 is 2.45 bits per heavy atom. The van der Waals surface area contributed by atoms with Crippen molar-refractivity contribution in [3.63, 3.8) is 0 Å². The standard InChI is InChI=1S/C12H11ClN4O3/c13-11-10(16(12(18)19)5-9-7-20-9)6-17(15-11)8-2-1-3-14-4-8/h1-4,6,9H,5,7H2,(H,18,19). The van der Waals surface area contributed by atoms with Crippen molar-refractivity contribution in [2.24, 2.45) is 0 Å². The number of hydrogen-bond donors (Lipinski definition) is 1. The second-order valence-electron chi connectivity index (χ2n) is 4.31. The lowest BCUT2D eigenvalue weighted by Crippen LogP contribution is -2.32. The lowest BCUT2D eigenvalue weighted by Gasteiger charge is -2.15. The van der Waals surface area contributed by atoms with Gasteiger partial charge in [0.05, 0.1) is 37.3 Å². The number of halogens is 1. The minimum absolute atomic E-state index is 0.0658. The molecule has 20 heavy (non-hydrogen) atoms. The molecule has 1 unspecified atom stereocenters. The fourth-order valence-corrected chi connectivity index (χ4v) is 2.04. The molecule has 7 nitrogen and oxygen atoms in total. The highest BCUT2D eigenvalue weighted by Crippen LogP contribution is 2.27. The third kappa shape index (κ3) is 2.59. The second-order valence-corrected chi connectivity index (χ2v) is 4.67. The Hall–Kier alpha value is -2.12. The summed E-state index contributed by atoms with van der Waals surface area (Å²) in [5.74, 6) is 0. The zero-order valence-electron chi connectivity index (χ0n) is 10.3. The van der Waals surface area contributed by atoms with Crippen molar-refractivity contribution in [1.29, 1.82) is 0 Å². The van der Waals surface area contributed by atoms with Crippen LogP contribution in [-0.2, 0) is 4.74 Å². The van der Waals surface area contributed by atoms with Crippen LogP contribution < -0.4 is 4.90 Å². The smallest absolute Gasteiger partial charge is 0.412 e. The van der Waals surface area contributed by atoms with Crippen LogP contribution in [0.1, 0.15) is 0 Å². The molecule has 0 bridgehead atoms. The van der Waals surface area contributed by atoms with E-state index >= 15 is 0 Å². The van der Waals surface area contributed by atoms with E-state index in [1.165, 1.54) is 4.68 Å². The van der Waals surface area contributed by atoms with Gasteiger partial charge in [-0.05, 0) is 12.1 Å². The monoisotopic (exact) mass is 294 g/mol. The summed E-state index contributed by atoms with van der Waals surface area (Å²) in [6, 6.07) is 3.56. The Morgan fingerprint density at radius 1 is 1.65 bits per heavy atom. The van der Waals surface area contributed by atoms with Crippen molar-refractivity contribution < 1.29 is 14.6 Å². The molecule has 8 heteroatoms. The van der Waals surface area contributed by atoms with Gasteiger partial charge in [-0.3, -0.25) is 9.88 Å². The number of aromatic nitrogens is 3. The minimum atomic E-state index is -1.09. The zero-order valence-corrected chi connectivity index (χ0v) is 11.1. The van der Waals surface area contributed by atoms with E-state index in [9.17, 15) is 9.90 Å². The van der Waals surface area contributed by atoms with Crippen LogP contribution in [0.25, 0.3) is 5.69 Å². The first-order valence-corrected chi connectivity index (χ1v) is 6.30. The molecular weight excluding hydrogens is 284 g/mol. The van der Waals surface area contributed by atoms with Gasteiger partial charge in [-0.25, -0.2) is 9.48 Å². The topological polar surface area (TPSA) is 83.8 Å². The van der Waals surface area contributed by atoms with Gasteiger partial charge in [0.25, 0.3) is 0 Å². The van der Waals surface area contributed by atoms with E-state index in [1.807, 2.05) is 0 Å². The fourth-order valence-electron chi connectivity index (χ4n) is 1.80. The maximum absolute atomic E-state index is 11.3. The Balaban J connectivity index is 1.92. The van der Waals surface area contributed by atoms with Crippen molar-refractivity contribution in [2.45, 2.75) is 6.10 Å². The third-order valence-corrected chi connectivity index (χ3v) is 3.14. The SMILES string of the molecule is O=C(O)N(CC1CO1)c1cn(-c2cccnc2)nc1Cl. The van der Waals surface area contributed by atoms with Crippen LogP contribution in [0.15, 0.2) is 30.7 Å². The zero-order chi connectivity index (χ0) is 14.1. The number of carboxylic acid groups (broad SMARTS) is 1. The summed E-state index contributed by atoms with van der Waals surface area (Å²) < 4.78 is 6.55. The number of amides is 1. The number of carbonyl (C=O) groups is 1. The Bertz CT molecular complexity index is 627. The van der Waals surface area contributed by atoms with Gasteiger partial charge in [0.2, 0.25) is 0 Å². The molecule has 2 aromatic heterocycles. The number of epoxide rings is 1. The average molecular weight is 295 g/mol. The summed E-state index contributed by atoms with van der Waals surface area (Å²) >= 11 is 6.04. The summed E-state index contributed by atoms with van der Waals surface area (Å²) in [6.45, 7) is 0.811. The molecule has 3 heterocycles. The lowest BCUT2D eigenvalue weighted by molar-refractivity contribution is 0.201. The molecular formula is C12H11ClN4O3. The Labute approximate surface area is 119 Å². The first-order valence-electron chi connectivity index (χ1n) is 5.93. The molecule has 3 rings (SSSR count). The maximum atomic E-state index is 11.3. The molecule has 1 saturated heterocycles. The van der Waals surface area contributed by atoms with Crippen molar-refractivity contribution in [3.8, 4) is 5.69 Å². The molecule has 1 amide bonds. The van der Waals surface area contributed by atoms with Crippen molar-refractivity contribution in [2.75, 3.05) is 18.1 Å². The van der Waals surface area contributed by atoms with Crippen LogP contribution >= 0.6 is 11.6 Å². The summed E-state index contributed by atoms with van der Waals surface area (Å²) in [4.78, 5) is 16.4. The van der Waals surface area contributed by atoms with Gasteiger partial charge in [0.15, 0.2) is 5.15 Å². The van der Waals surface area contributed by atoms with Crippen LogP contribution in [-0.4, -0.2) is 45.2 Å². The molecule has 104 valence electrons. The van der Waals surface area contributed by atoms with Crippen molar-refractivity contribution in [3.05, 3.63) is 35.9 Å². The first-order chi connectivity index (χ1) is 9.65. The largest absolute Gasteiger partial charge is 0.465 e. The van der Waals surface area contributed by atoms with Gasteiger partial charge >= 0.3 is 6.09 Å². The molecule has 1 atom stereocenters. The number of rotatable bonds is 4. The van der Waals surface area contributed by atoms with E-state index in [0.717, 1.165) is 4.90 Å². The number of ether oxygens (including phenoxy) is 1. The van der Waals surface area contributed by atoms with E-state index < -0.39 is 6.09 Å².